The van der Waals surface area contributed by atoms with Crippen molar-refractivity contribution in [1.82, 2.24) is 24.6 Å². The first-order chi connectivity index (χ1) is 11.2. The minimum absolute atomic E-state index is 0.111. The van der Waals surface area contributed by atoms with Crippen molar-refractivity contribution in [3.63, 3.8) is 0 Å². The predicted molar refractivity (Wildman–Crippen MR) is 88.7 cm³/mol. The average molecular weight is 328 g/mol. The minimum atomic E-state index is 0.111. The Balaban J connectivity index is 1.52. The molecular weight excluding hydrogens is 312 g/mol. The molecule has 1 saturated heterocycles. The Morgan fingerprint density at radius 3 is 2.78 bits per heavy atom. The number of amides is 1. The van der Waals surface area contributed by atoms with Gasteiger partial charge in [-0.05, 0) is 11.4 Å². The lowest BCUT2D eigenvalue weighted by atomic mass is 10.2. The number of carbonyl (C=O) groups is 1. The van der Waals surface area contributed by atoms with Crippen molar-refractivity contribution in [2.24, 2.45) is 7.05 Å². The fourth-order valence-electron chi connectivity index (χ4n) is 2.89. The Hall–Kier alpha value is -2.48. The fraction of sp³-hybridized carbons (Fsp3) is 0.333. The van der Waals surface area contributed by atoms with Gasteiger partial charge in [-0.15, -0.1) is 0 Å². The first kappa shape index (κ1) is 14.1. The summed E-state index contributed by atoms with van der Waals surface area (Å²) in [7, 11) is 1.87. The third-order valence-electron chi connectivity index (χ3n) is 4.14. The number of carbonyl (C=O) groups excluding carboxylic acids is 1. The second kappa shape index (κ2) is 5.62. The van der Waals surface area contributed by atoms with Gasteiger partial charge in [0.1, 0.15) is 12.1 Å². The van der Waals surface area contributed by atoms with E-state index in [1.165, 1.54) is 0 Å². The van der Waals surface area contributed by atoms with E-state index < -0.39 is 0 Å². The number of thiophene rings is 1. The summed E-state index contributed by atoms with van der Waals surface area (Å²) >= 11 is 1.55. The molecule has 4 rings (SSSR count). The molecule has 1 amide bonds. The van der Waals surface area contributed by atoms with Crippen molar-refractivity contribution >= 4 is 34.1 Å². The summed E-state index contributed by atoms with van der Waals surface area (Å²) in [4.78, 5) is 25.2. The van der Waals surface area contributed by atoms with Gasteiger partial charge in [-0.1, -0.05) is 0 Å². The van der Waals surface area contributed by atoms with Crippen LogP contribution >= 0.6 is 11.3 Å². The molecule has 118 valence electrons. The molecule has 23 heavy (non-hydrogen) atoms. The van der Waals surface area contributed by atoms with Crippen LogP contribution in [-0.2, 0) is 7.05 Å². The Kier molecular flexibility index (Phi) is 3.45. The average Bonchev–Trinajstić information content (AvgIpc) is 3.25. The number of aryl methyl sites for hydroxylation is 1. The van der Waals surface area contributed by atoms with Crippen LogP contribution in [0.15, 0.2) is 29.4 Å². The highest BCUT2D eigenvalue weighted by Gasteiger charge is 2.24. The van der Waals surface area contributed by atoms with E-state index in [-0.39, 0.29) is 5.91 Å². The van der Waals surface area contributed by atoms with Crippen LogP contribution in [0.1, 0.15) is 10.4 Å². The fourth-order valence-corrected chi connectivity index (χ4v) is 3.52. The lowest BCUT2D eigenvalue weighted by molar-refractivity contribution is 0.0747. The van der Waals surface area contributed by atoms with Gasteiger partial charge in [0.05, 0.1) is 17.1 Å². The molecule has 0 aliphatic carbocycles. The maximum absolute atomic E-state index is 12.4. The molecule has 8 heteroatoms. The number of aromatic nitrogens is 4. The van der Waals surface area contributed by atoms with Crippen LogP contribution in [0.4, 0.5) is 5.82 Å². The highest BCUT2D eigenvalue weighted by atomic mass is 32.1. The number of anilines is 1. The largest absolute Gasteiger partial charge is 0.352 e. The smallest absolute Gasteiger partial charge is 0.254 e. The van der Waals surface area contributed by atoms with E-state index in [1.54, 1.807) is 28.5 Å². The first-order valence-corrected chi connectivity index (χ1v) is 8.37. The molecule has 0 unspecified atom stereocenters. The van der Waals surface area contributed by atoms with Gasteiger partial charge >= 0.3 is 0 Å². The summed E-state index contributed by atoms with van der Waals surface area (Å²) in [5.74, 6) is 1.01. The van der Waals surface area contributed by atoms with Gasteiger partial charge in [0.15, 0.2) is 5.65 Å². The molecule has 1 aliphatic heterocycles. The Labute approximate surface area is 137 Å². The summed E-state index contributed by atoms with van der Waals surface area (Å²) in [5.41, 5.74) is 1.60. The summed E-state index contributed by atoms with van der Waals surface area (Å²) in [5, 5.41) is 9.04. The number of piperazine rings is 1. The van der Waals surface area contributed by atoms with Crippen molar-refractivity contribution in [3.8, 4) is 0 Å². The second-order valence-corrected chi connectivity index (χ2v) is 6.27. The van der Waals surface area contributed by atoms with Crippen molar-refractivity contribution in [2.45, 2.75) is 0 Å². The number of nitrogens with zero attached hydrogens (tertiary/aromatic N) is 6. The summed E-state index contributed by atoms with van der Waals surface area (Å²) in [6.07, 6.45) is 3.37. The third kappa shape index (κ3) is 2.44. The number of fused-ring (bicyclic) bond motifs is 1. The third-order valence-corrected chi connectivity index (χ3v) is 4.83. The van der Waals surface area contributed by atoms with Crippen molar-refractivity contribution < 1.29 is 4.79 Å². The van der Waals surface area contributed by atoms with E-state index >= 15 is 0 Å². The quantitative estimate of drug-likeness (QED) is 0.711. The topological polar surface area (TPSA) is 67.2 Å². The molecule has 3 aromatic rings. The van der Waals surface area contributed by atoms with Crippen LogP contribution in [0, 0.1) is 0 Å². The highest BCUT2D eigenvalue weighted by molar-refractivity contribution is 7.08. The monoisotopic (exact) mass is 328 g/mol. The van der Waals surface area contributed by atoms with Crippen LogP contribution in [0.2, 0.25) is 0 Å². The number of hydrogen-bond acceptors (Lipinski definition) is 6. The van der Waals surface area contributed by atoms with Crippen LogP contribution in [-0.4, -0.2) is 56.7 Å². The van der Waals surface area contributed by atoms with Crippen molar-refractivity contribution in [1.29, 1.82) is 0 Å². The lowest BCUT2D eigenvalue weighted by Gasteiger charge is -2.35. The van der Waals surface area contributed by atoms with Crippen molar-refractivity contribution in [3.05, 3.63) is 34.9 Å². The Morgan fingerprint density at radius 2 is 2.04 bits per heavy atom. The predicted octanol–water partition coefficient (Wildman–Crippen LogP) is 1.39. The van der Waals surface area contributed by atoms with Gasteiger partial charge in [0, 0.05) is 38.6 Å². The molecule has 1 aliphatic rings. The zero-order valence-corrected chi connectivity index (χ0v) is 13.5. The molecule has 0 bridgehead atoms. The van der Waals surface area contributed by atoms with E-state index in [4.69, 9.17) is 0 Å². The lowest BCUT2D eigenvalue weighted by Crippen LogP contribution is -2.49. The SMILES string of the molecule is Cn1ncc2c(N3CCN(C(=O)c4ccsc4)CC3)ncnc21. The summed E-state index contributed by atoms with van der Waals surface area (Å²) in [6.45, 7) is 2.91. The molecule has 0 spiro atoms. The van der Waals surface area contributed by atoms with E-state index in [9.17, 15) is 4.79 Å². The standard InChI is InChI=1S/C15H16N6OS/c1-19-13-12(8-18-19)14(17-10-16-13)20-3-5-21(6-4-20)15(22)11-2-7-23-9-11/h2,7-10H,3-6H2,1H3. The molecule has 0 aromatic carbocycles. The van der Waals surface area contributed by atoms with Gasteiger partial charge in [0.2, 0.25) is 0 Å². The van der Waals surface area contributed by atoms with E-state index in [0.717, 1.165) is 35.5 Å². The van der Waals surface area contributed by atoms with Gasteiger partial charge in [0.25, 0.3) is 5.91 Å². The normalized spacial score (nSPS) is 15.3. The van der Waals surface area contributed by atoms with Gasteiger partial charge in [-0.2, -0.15) is 16.4 Å². The molecule has 1 fully saturated rings. The minimum Gasteiger partial charge on any atom is -0.352 e. The first-order valence-electron chi connectivity index (χ1n) is 7.43. The molecule has 3 aromatic heterocycles. The van der Waals surface area contributed by atoms with Crippen LogP contribution in [0.25, 0.3) is 11.0 Å². The Morgan fingerprint density at radius 1 is 1.22 bits per heavy atom. The van der Waals surface area contributed by atoms with Gasteiger partial charge < -0.3 is 9.80 Å². The zero-order chi connectivity index (χ0) is 15.8. The molecule has 0 N–H and O–H groups in total. The van der Waals surface area contributed by atoms with Crippen molar-refractivity contribution in [2.75, 3.05) is 31.1 Å². The molecule has 0 radical (unpaired) electrons. The Bertz CT molecular complexity index is 835. The van der Waals surface area contributed by atoms with Crippen LogP contribution < -0.4 is 4.90 Å². The number of rotatable bonds is 2. The van der Waals surface area contributed by atoms with Gasteiger partial charge in [-0.25, -0.2) is 9.97 Å². The maximum atomic E-state index is 12.4. The molecule has 7 nitrogen and oxygen atoms in total. The maximum Gasteiger partial charge on any atom is 0.254 e. The van der Waals surface area contributed by atoms with E-state index in [2.05, 4.69) is 20.0 Å². The summed E-state index contributed by atoms with van der Waals surface area (Å²) in [6, 6.07) is 1.88. The van der Waals surface area contributed by atoms with E-state index in [0.29, 0.717) is 13.1 Å². The number of hydrogen-bond donors (Lipinski definition) is 0. The van der Waals surface area contributed by atoms with Gasteiger partial charge in [-0.3, -0.25) is 9.48 Å². The van der Waals surface area contributed by atoms with E-state index in [1.807, 2.05) is 28.8 Å². The molecular formula is C15H16N6OS. The molecule has 0 saturated carbocycles. The van der Waals surface area contributed by atoms with Crippen LogP contribution in [0.5, 0.6) is 0 Å². The molecule has 0 atom stereocenters. The molecule has 4 heterocycles. The zero-order valence-electron chi connectivity index (χ0n) is 12.7. The highest BCUT2D eigenvalue weighted by Crippen LogP contribution is 2.23. The van der Waals surface area contributed by atoms with Crippen LogP contribution in [0.3, 0.4) is 0 Å². The summed E-state index contributed by atoms with van der Waals surface area (Å²) < 4.78 is 1.75. The second-order valence-electron chi connectivity index (χ2n) is 5.49.